The second kappa shape index (κ2) is 6.93. The summed E-state index contributed by atoms with van der Waals surface area (Å²) in [6.45, 7) is 3.94. The van der Waals surface area contributed by atoms with Gasteiger partial charge in [-0.1, -0.05) is 13.3 Å². The fourth-order valence-corrected chi connectivity index (χ4v) is 1.57. The fraction of sp³-hybridized carbons (Fsp3) is 0.462. The van der Waals surface area contributed by atoms with Crippen LogP contribution in [-0.2, 0) is 9.53 Å². The van der Waals surface area contributed by atoms with Gasteiger partial charge in [-0.2, -0.15) is 0 Å². The number of hydrogen-bond donors (Lipinski definition) is 1. The molecule has 1 aromatic carbocycles. The average molecular weight is 257 g/mol. The van der Waals surface area contributed by atoms with Crippen LogP contribution in [0.15, 0.2) is 18.2 Å². The fourth-order valence-electron chi connectivity index (χ4n) is 1.57. The molecule has 0 saturated carbocycles. The van der Waals surface area contributed by atoms with Gasteiger partial charge >= 0.3 is 5.97 Å². The topological polar surface area (TPSA) is 38.3 Å². The summed E-state index contributed by atoms with van der Waals surface area (Å²) in [4.78, 5) is 11.6. The normalized spacial score (nSPS) is 12.0. The van der Waals surface area contributed by atoms with Gasteiger partial charge in [0.2, 0.25) is 0 Å². The first-order valence-corrected chi connectivity index (χ1v) is 5.96. The summed E-state index contributed by atoms with van der Waals surface area (Å²) in [5.74, 6) is -2.24. The Kier molecular flexibility index (Phi) is 5.55. The minimum atomic E-state index is -0.945. The third-order valence-electron chi connectivity index (χ3n) is 2.41. The van der Waals surface area contributed by atoms with Crippen molar-refractivity contribution in [1.82, 2.24) is 0 Å². The first-order chi connectivity index (χ1) is 8.58. The standard InChI is InChI=1S/C13H17F2NO2/c1-3-5-12(13(17)18-4-2)16-9-6-7-10(14)11(15)8-9/h6-8,12,16H,3-5H2,1-2H3. The van der Waals surface area contributed by atoms with Gasteiger partial charge in [0, 0.05) is 11.8 Å². The monoisotopic (exact) mass is 257 g/mol. The van der Waals surface area contributed by atoms with Crippen LogP contribution in [0.25, 0.3) is 0 Å². The number of rotatable bonds is 6. The molecule has 18 heavy (non-hydrogen) atoms. The van der Waals surface area contributed by atoms with Crippen molar-refractivity contribution in [1.29, 1.82) is 0 Å². The first-order valence-electron chi connectivity index (χ1n) is 5.96. The Balaban J connectivity index is 2.76. The molecule has 0 fully saturated rings. The lowest BCUT2D eigenvalue weighted by Crippen LogP contribution is -2.31. The molecule has 1 rings (SSSR count). The highest BCUT2D eigenvalue weighted by Crippen LogP contribution is 2.16. The molecule has 1 atom stereocenters. The Labute approximate surface area is 105 Å². The zero-order chi connectivity index (χ0) is 13.5. The van der Waals surface area contributed by atoms with Gasteiger partial charge in [-0.25, -0.2) is 13.6 Å². The van der Waals surface area contributed by atoms with E-state index in [0.29, 0.717) is 18.7 Å². The number of hydrogen-bond acceptors (Lipinski definition) is 3. The molecule has 0 spiro atoms. The number of benzene rings is 1. The zero-order valence-electron chi connectivity index (χ0n) is 10.5. The second-order valence-electron chi connectivity index (χ2n) is 3.87. The van der Waals surface area contributed by atoms with Crippen LogP contribution in [0.3, 0.4) is 0 Å². The number of halogens is 2. The Bertz CT molecular complexity index is 410. The Morgan fingerprint density at radius 1 is 1.33 bits per heavy atom. The minimum absolute atomic E-state index is 0.290. The van der Waals surface area contributed by atoms with Crippen LogP contribution in [0.5, 0.6) is 0 Å². The van der Waals surface area contributed by atoms with Crippen molar-refractivity contribution >= 4 is 11.7 Å². The lowest BCUT2D eigenvalue weighted by atomic mass is 10.1. The van der Waals surface area contributed by atoms with E-state index in [4.69, 9.17) is 4.74 Å². The third kappa shape index (κ3) is 3.98. The highest BCUT2D eigenvalue weighted by molar-refractivity contribution is 5.79. The van der Waals surface area contributed by atoms with E-state index in [1.807, 2.05) is 6.92 Å². The van der Waals surface area contributed by atoms with E-state index in [1.54, 1.807) is 6.92 Å². The van der Waals surface area contributed by atoms with Crippen LogP contribution in [0.1, 0.15) is 26.7 Å². The molecule has 3 nitrogen and oxygen atoms in total. The lowest BCUT2D eigenvalue weighted by molar-refractivity contribution is -0.144. The van der Waals surface area contributed by atoms with E-state index >= 15 is 0 Å². The maximum atomic E-state index is 13.0. The smallest absolute Gasteiger partial charge is 0.328 e. The Morgan fingerprint density at radius 2 is 2.06 bits per heavy atom. The predicted molar refractivity (Wildman–Crippen MR) is 65.3 cm³/mol. The molecule has 100 valence electrons. The van der Waals surface area contributed by atoms with Crippen molar-refractivity contribution in [3.05, 3.63) is 29.8 Å². The molecular weight excluding hydrogens is 240 g/mol. The summed E-state index contributed by atoms with van der Waals surface area (Å²) in [6, 6.07) is 2.89. The molecule has 0 bridgehead atoms. The van der Waals surface area contributed by atoms with E-state index < -0.39 is 17.7 Å². The van der Waals surface area contributed by atoms with Crippen molar-refractivity contribution in [2.24, 2.45) is 0 Å². The molecule has 0 aromatic heterocycles. The summed E-state index contributed by atoms with van der Waals surface area (Å²) in [6.07, 6.45) is 1.35. The molecule has 1 aromatic rings. The molecule has 1 unspecified atom stereocenters. The van der Waals surface area contributed by atoms with Gasteiger partial charge in [0.05, 0.1) is 6.61 Å². The van der Waals surface area contributed by atoms with Gasteiger partial charge in [0.15, 0.2) is 11.6 Å². The van der Waals surface area contributed by atoms with Crippen LogP contribution in [-0.4, -0.2) is 18.6 Å². The van der Waals surface area contributed by atoms with E-state index in [-0.39, 0.29) is 5.97 Å². The molecule has 0 radical (unpaired) electrons. The number of nitrogens with one attached hydrogen (secondary N) is 1. The third-order valence-corrected chi connectivity index (χ3v) is 2.41. The molecule has 0 aliphatic rings. The molecule has 1 N–H and O–H groups in total. The van der Waals surface area contributed by atoms with E-state index in [2.05, 4.69) is 5.32 Å². The quantitative estimate of drug-likeness (QED) is 0.796. The lowest BCUT2D eigenvalue weighted by Gasteiger charge is -2.17. The second-order valence-corrected chi connectivity index (χ2v) is 3.87. The van der Waals surface area contributed by atoms with Crippen LogP contribution in [0, 0.1) is 11.6 Å². The first kappa shape index (κ1) is 14.4. The summed E-state index contributed by atoms with van der Waals surface area (Å²) in [7, 11) is 0. The molecule has 0 aliphatic heterocycles. The Hall–Kier alpha value is -1.65. The molecule has 5 heteroatoms. The van der Waals surface area contributed by atoms with Crippen molar-refractivity contribution in [3.63, 3.8) is 0 Å². The summed E-state index contributed by atoms with van der Waals surface area (Å²) >= 11 is 0. The number of anilines is 1. The molecule has 0 heterocycles. The van der Waals surface area contributed by atoms with Gasteiger partial charge in [-0.3, -0.25) is 0 Å². The number of carbonyl (C=O) groups is 1. The van der Waals surface area contributed by atoms with Gasteiger partial charge in [0.25, 0.3) is 0 Å². The zero-order valence-corrected chi connectivity index (χ0v) is 10.5. The molecule has 0 amide bonds. The van der Waals surface area contributed by atoms with Crippen molar-refractivity contribution < 1.29 is 18.3 Å². The van der Waals surface area contributed by atoms with E-state index in [1.165, 1.54) is 6.07 Å². The number of carbonyl (C=O) groups excluding carboxylic acids is 1. The van der Waals surface area contributed by atoms with Gasteiger partial charge in [-0.15, -0.1) is 0 Å². The maximum absolute atomic E-state index is 13.0. The van der Waals surface area contributed by atoms with Crippen LogP contribution >= 0.6 is 0 Å². The Morgan fingerprint density at radius 3 is 2.61 bits per heavy atom. The largest absolute Gasteiger partial charge is 0.464 e. The highest BCUT2D eigenvalue weighted by Gasteiger charge is 2.18. The van der Waals surface area contributed by atoms with E-state index in [0.717, 1.165) is 18.6 Å². The molecular formula is C13H17F2NO2. The summed E-state index contributed by atoms with van der Waals surface area (Å²) in [5.41, 5.74) is 0.361. The van der Waals surface area contributed by atoms with Crippen molar-refractivity contribution in [2.45, 2.75) is 32.7 Å². The van der Waals surface area contributed by atoms with Gasteiger partial charge < -0.3 is 10.1 Å². The number of ether oxygens (including phenoxy) is 1. The van der Waals surface area contributed by atoms with Crippen LogP contribution in [0.4, 0.5) is 14.5 Å². The van der Waals surface area contributed by atoms with Crippen molar-refractivity contribution in [2.75, 3.05) is 11.9 Å². The highest BCUT2D eigenvalue weighted by atomic mass is 19.2. The molecule has 0 aliphatic carbocycles. The van der Waals surface area contributed by atoms with Crippen molar-refractivity contribution in [3.8, 4) is 0 Å². The SMILES string of the molecule is CCCC(Nc1ccc(F)c(F)c1)C(=O)OCC. The predicted octanol–water partition coefficient (Wildman–Crippen LogP) is 3.11. The minimum Gasteiger partial charge on any atom is -0.464 e. The van der Waals surface area contributed by atoms with Crippen LogP contribution < -0.4 is 5.32 Å². The molecule has 0 saturated heterocycles. The van der Waals surface area contributed by atoms with Gasteiger partial charge in [0.1, 0.15) is 6.04 Å². The van der Waals surface area contributed by atoms with E-state index in [9.17, 15) is 13.6 Å². The summed E-state index contributed by atoms with van der Waals surface area (Å²) < 4.78 is 30.7. The number of esters is 1. The average Bonchev–Trinajstić information content (AvgIpc) is 2.33. The summed E-state index contributed by atoms with van der Waals surface area (Å²) in [5, 5.41) is 2.85. The van der Waals surface area contributed by atoms with Crippen LogP contribution in [0.2, 0.25) is 0 Å². The van der Waals surface area contributed by atoms with Gasteiger partial charge in [-0.05, 0) is 25.5 Å². The maximum Gasteiger partial charge on any atom is 0.328 e.